The molecule has 0 aromatic heterocycles. The lowest BCUT2D eigenvalue weighted by molar-refractivity contribution is -0.117. The van der Waals surface area contributed by atoms with Gasteiger partial charge in [-0.15, -0.1) is 0 Å². The zero-order chi connectivity index (χ0) is 13.3. The second kappa shape index (κ2) is 8.52. The first-order valence-corrected chi connectivity index (χ1v) is 7.59. The van der Waals surface area contributed by atoms with Gasteiger partial charge >= 0.3 is 5.97 Å². The van der Waals surface area contributed by atoms with Crippen LogP contribution in [0.1, 0.15) is 77.6 Å². The Balaban J connectivity index is 1.80. The fourth-order valence-electron chi connectivity index (χ4n) is 2.38. The minimum Gasteiger partial charge on any atom is -0.441 e. The molecular formula is C15H28O3. The normalized spacial score (nSPS) is 22.0. The van der Waals surface area contributed by atoms with Gasteiger partial charge in [-0.3, -0.25) is 0 Å². The lowest BCUT2D eigenvalue weighted by Gasteiger charge is -2.04. The summed E-state index contributed by atoms with van der Waals surface area (Å²) in [5.41, 5.74) is -0.792. The van der Waals surface area contributed by atoms with E-state index in [0.29, 0.717) is 6.42 Å². The molecule has 1 aliphatic rings. The van der Waals surface area contributed by atoms with E-state index in [1.807, 2.05) is 0 Å². The molecule has 0 aliphatic carbocycles. The van der Waals surface area contributed by atoms with Crippen LogP contribution in [0.5, 0.6) is 0 Å². The third-order valence-corrected chi connectivity index (χ3v) is 3.81. The van der Waals surface area contributed by atoms with Crippen LogP contribution in [0.4, 0.5) is 0 Å². The van der Waals surface area contributed by atoms with Crippen LogP contribution >= 0.6 is 0 Å². The maximum Gasteiger partial charge on any atom is 0.354 e. The Morgan fingerprint density at radius 2 is 1.39 bits per heavy atom. The Labute approximate surface area is 111 Å². The molecule has 0 radical (unpaired) electrons. The van der Waals surface area contributed by atoms with Gasteiger partial charge in [0.15, 0.2) is 0 Å². The number of carbonyl (C=O) groups is 1. The van der Waals surface area contributed by atoms with Crippen molar-refractivity contribution < 1.29 is 14.6 Å². The standard InChI is InChI=1S/C15H28O3/c1-2-3-4-5-6-7-8-9-10-11-12-15(13-16)14(17)18-15/h16H,2-13H2,1H3/t15-/m1/s1. The fourth-order valence-corrected chi connectivity index (χ4v) is 2.38. The summed E-state index contributed by atoms with van der Waals surface area (Å²) >= 11 is 0. The monoisotopic (exact) mass is 256 g/mol. The molecule has 0 amide bonds. The summed E-state index contributed by atoms with van der Waals surface area (Å²) in [5, 5.41) is 9.02. The van der Waals surface area contributed by atoms with E-state index in [0.717, 1.165) is 12.8 Å². The Morgan fingerprint density at radius 1 is 0.944 bits per heavy atom. The van der Waals surface area contributed by atoms with Gasteiger partial charge in [-0.25, -0.2) is 4.79 Å². The van der Waals surface area contributed by atoms with Crippen LogP contribution in [0.2, 0.25) is 0 Å². The van der Waals surface area contributed by atoms with Gasteiger partial charge in [0.25, 0.3) is 0 Å². The van der Waals surface area contributed by atoms with Crippen molar-refractivity contribution in [3.05, 3.63) is 0 Å². The average Bonchev–Trinajstić information content (AvgIpc) is 3.03. The summed E-state index contributed by atoms with van der Waals surface area (Å²) in [7, 11) is 0. The number of cyclic esters (lactones) is 1. The molecule has 0 bridgehead atoms. The first-order chi connectivity index (χ1) is 8.75. The van der Waals surface area contributed by atoms with E-state index < -0.39 is 5.60 Å². The number of hydrogen-bond donors (Lipinski definition) is 1. The Kier molecular flexibility index (Phi) is 7.33. The minimum absolute atomic E-state index is 0.150. The maximum absolute atomic E-state index is 10.9. The molecule has 0 aromatic rings. The number of hydrogen-bond acceptors (Lipinski definition) is 3. The van der Waals surface area contributed by atoms with Crippen molar-refractivity contribution in [1.29, 1.82) is 0 Å². The number of unbranched alkanes of at least 4 members (excludes halogenated alkanes) is 9. The molecule has 3 nitrogen and oxygen atoms in total. The molecule has 18 heavy (non-hydrogen) atoms. The molecule has 1 atom stereocenters. The first kappa shape index (κ1) is 15.5. The number of aliphatic hydroxyl groups is 1. The third-order valence-electron chi connectivity index (χ3n) is 3.81. The molecule has 1 N–H and O–H groups in total. The molecule has 106 valence electrons. The molecule has 3 heteroatoms. The highest BCUT2D eigenvalue weighted by molar-refractivity contribution is 5.92. The van der Waals surface area contributed by atoms with Crippen LogP contribution in [-0.4, -0.2) is 23.3 Å². The van der Waals surface area contributed by atoms with E-state index in [4.69, 9.17) is 9.84 Å². The molecule has 0 unspecified atom stereocenters. The number of carbonyl (C=O) groups excluding carboxylic acids is 1. The van der Waals surface area contributed by atoms with Crippen LogP contribution in [-0.2, 0) is 9.53 Å². The fraction of sp³-hybridized carbons (Fsp3) is 0.933. The number of epoxide rings is 1. The highest BCUT2D eigenvalue weighted by atomic mass is 16.7. The SMILES string of the molecule is CCCCCCCCCCCC[C@]1(CO)OC1=O. The second-order valence-electron chi connectivity index (χ2n) is 5.47. The van der Waals surface area contributed by atoms with E-state index in [9.17, 15) is 4.79 Å². The van der Waals surface area contributed by atoms with Gasteiger partial charge in [0, 0.05) is 6.42 Å². The van der Waals surface area contributed by atoms with Crippen molar-refractivity contribution in [3.63, 3.8) is 0 Å². The van der Waals surface area contributed by atoms with Crippen molar-refractivity contribution in [2.45, 2.75) is 83.2 Å². The van der Waals surface area contributed by atoms with Crippen LogP contribution in [0.25, 0.3) is 0 Å². The van der Waals surface area contributed by atoms with E-state index >= 15 is 0 Å². The highest BCUT2D eigenvalue weighted by Gasteiger charge is 2.56. The topological polar surface area (TPSA) is 49.8 Å². The second-order valence-corrected chi connectivity index (χ2v) is 5.47. The molecule has 1 saturated heterocycles. The molecule has 1 heterocycles. The zero-order valence-electron chi connectivity index (χ0n) is 11.7. The summed E-state index contributed by atoms with van der Waals surface area (Å²) < 4.78 is 4.85. The summed E-state index contributed by atoms with van der Waals surface area (Å²) in [6, 6.07) is 0. The number of aliphatic hydroxyl groups excluding tert-OH is 1. The van der Waals surface area contributed by atoms with E-state index in [-0.39, 0.29) is 12.6 Å². The van der Waals surface area contributed by atoms with Crippen molar-refractivity contribution in [3.8, 4) is 0 Å². The predicted molar refractivity (Wildman–Crippen MR) is 72.4 cm³/mol. The number of ether oxygens (including phenoxy) is 1. The van der Waals surface area contributed by atoms with Gasteiger partial charge < -0.3 is 9.84 Å². The van der Waals surface area contributed by atoms with Crippen LogP contribution in [0.3, 0.4) is 0 Å². The smallest absolute Gasteiger partial charge is 0.354 e. The molecule has 0 aromatic carbocycles. The van der Waals surface area contributed by atoms with Gasteiger partial charge in [0.1, 0.15) is 0 Å². The first-order valence-electron chi connectivity index (χ1n) is 7.59. The summed E-state index contributed by atoms with van der Waals surface area (Å²) in [4.78, 5) is 10.9. The van der Waals surface area contributed by atoms with Gasteiger partial charge in [-0.1, -0.05) is 64.7 Å². The van der Waals surface area contributed by atoms with E-state index in [1.54, 1.807) is 0 Å². The quantitative estimate of drug-likeness (QED) is 0.429. The average molecular weight is 256 g/mol. The molecule has 0 saturated carbocycles. The largest absolute Gasteiger partial charge is 0.441 e. The summed E-state index contributed by atoms with van der Waals surface area (Å²) in [6.07, 6.45) is 13.5. The Morgan fingerprint density at radius 3 is 1.78 bits per heavy atom. The van der Waals surface area contributed by atoms with Crippen molar-refractivity contribution in [1.82, 2.24) is 0 Å². The van der Waals surface area contributed by atoms with Crippen LogP contribution in [0.15, 0.2) is 0 Å². The van der Waals surface area contributed by atoms with Gasteiger partial charge in [-0.05, 0) is 6.42 Å². The number of rotatable bonds is 12. The highest BCUT2D eigenvalue weighted by Crippen LogP contribution is 2.34. The Bertz CT molecular complexity index is 240. The Hall–Kier alpha value is -0.570. The van der Waals surface area contributed by atoms with Crippen molar-refractivity contribution >= 4 is 5.97 Å². The summed E-state index contributed by atoms with van der Waals surface area (Å²) in [5.74, 6) is -0.221. The lowest BCUT2D eigenvalue weighted by atomic mass is 10.0. The van der Waals surface area contributed by atoms with Crippen LogP contribution < -0.4 is 0 Å². The van der Waals surface area contributed by atoms with Gasteiger partial charge in [0.2, 0.25) is 5.60 Å². The molecule has 1 aliphatic heterocycles. The van der Waals surface area contributed by atoms with Crippen molar-refractivity contribution in [2.24, 2.45) is 0 Å². The molecular weight excluding hydrogens is 228 g/mol. The molecule has 1 fully saturated rings. The van der Waals surface area contributed by atoms with Crippen LogP contribution in [0, 0.1) is 0 Å². The maximum atomic E-state index is 10.9. The van der Waals surface area contributed by atoms with Gasteiger partial charge in [0.05, 0.1) is 6.61 Å². The van der Waals surface area contributed by atoms with E-state index in [1.165, 1.54) is 51.4 Å². The van der Waals surface area contributed by atoms with Crippen molar-refractivity contribution in [2.75, 3.05) is 6.61 Å². The summed E-state index contributed by atoms with van der Waals surface area (Å²) in [6.45, 7) is 2.09. The predicted octanol–water partition coefficient (Wildman–Crippen LogP) is 3.59. The lowest BCUT2D eigenvalue weighted by Crippen LogP contribution is -2.18. The molecule has 0 spiro atoms. The minimum atomic E-state index is -0.792. The van der Waals surface area contributed by atoms with Gasteiger partial charge in [-0.2, -0.15) is 0 Å². The molecule has 1 rings (SSSR count). The zero-order valence-corrected chi connectivity index (χ0v) is 11.7. The van der Waals surface area contributed by atoms with E-state index in [2.05, 4.69) is 6.92 Å². The third kappa shape index (κ3) is 5.38.